The molecule has 1 fully saturated rings. The number of alkyl halides is 1. The molecule has 0 N–H and O–H groups in total. The van der Waals surface area contributed by atoms with Gasteiger partial charge in [-0.3, -0.25) is 0 Å². The molecule has 0 aromatic heterocycles. The molecule has 1 atom stereocenters. The normalized spacial score (nSPS) is 18.6. The van der Waals surface area contributed by atoms with Crippen LogP contribution in [0.15, 0.2) is 29.3 Å². The van der Waals surface area contributed by atoms with Crippen molar-refractivity contribution in [2.75, 3.05) is 0 Å². The van der Waals surface area contributed by atoms with Gasteiger partial charge in [0.2, 0.25) is 6.08 Å². The second-order valence-electron chi connectivity index (χ2n) is 4.38. The van der Waals surface area contributed by atoms with Gasteiger partial charge in [-0.05, 0) is 30.9 Å². The van der Waals surface area contributed by atoms with Gasteiger partial charge >= 0.3 is 0 Å². The molecule has 0 bridgehead atoms. The lowest BCUT2D eigenvalue weighted by molar-refractivity contribution is 0.359. The Kier molecular flexibility index (Phi) is 2.88. The molecule has 16 heavy (non-hydrogen) atoms. The molecule has 0 heterocycles. The van der Waals surface area contributed by atoms with Gasteiger partial charge < -0.3 is 0 Å². The fourth-order valence-corrected chi connectivity index (χ4v) is 2.10. The minimum atomic E-state index is -0.878. The van der Waals surface area contributed by atoms with Crippen LogP contribution in [0.2, 0.25) is 0 Å². The molecule has 0 spiro atoms. The molecule has 2 nitrogen and oxygen atoms in total. The molecule has 0 saturated heterocycles. The zero-order valence-electron chi connectivity index (χ0n) is 9.24. The van der Waals surface area contributed by atoms with Crippen LogP contribution in [0.25, 0.3) is 0 Å². The molecular weight excluding hydrogens is 205 g/mol. The SMILES string of the molecule is CC(F)Cc1ccccc1C1(N=C=O)CC1. The number of hydrogen-bond acceptors (Lipinski definition) is 2. The zero-order chi connectivity index (χ0) is 11.6. The molecule has 0 radical (unpaired) electrons. The van der Waals surface area contributed by atoms with E-state index in [1.165, 1.54) is 0 Å². The molecule has 84 valence electrons. The fourth-order valence-electron chi connectivity index (χ4n) is 2.10. The van der Waals surface area contributed by atoms with Crippen LogP contribution in [-0.2, 0) is 16.8 Å². The van der Waals surface area contributed by atoms with E-state index in [9.17, 15) is 9.18 Å². The molecule has 1 saturated carbocycles. The average Bonchev–Trinajstić information content (AvgIpc) is 2.99. The molecule has 3 heteroatoms. The van der Waals surface area contributed by atoms with E-state index in [0.717, 1.165) is 24.0 Å². The van der Waals surface area contributed by atoms with Crippen molar-refractivity contribution in [3.8, 4) is 0 Å². The van der Waals surface area contributed by atoms with Crippen LogP contribution in [0.5, 0.6) is 0 Å². The van der Waals surface area contributed by atoms with E-state index in [1.807, 2.05) is 24.3 Å². The first-order chi connectivity index (χ1) is 7.68. The molecule has 2 rings (SSSR count). The Morgan fingerprint density at radius 2 is 2.19 bits per heavy atom. The summed E-state index contributed by atoms with van der Waals surface area (Å²) in [4.78, 5) is 14.3. The second-order valence-corrected chi connectivity index (χ2v) is 4.38. The Morgan fingerprint density at radius 3 is 2.75 bits per heavy atom. The van der Waals surface area contributed by atoms with E-state index in [1.54, 1.807) is 13.0 Å². The van der Waals surface area contributed by atoms with Gasteiger partial charge in [0, 0.05) is 6.42 Å². The highest BCUT2D eigenvalue weighted by Gasteiger charge is 2.45. The lowest BCUT2D eigenvalue weighted by Crippen LogP contribution is -2.09. The fraction of sp³-hybridized carbons (Fsp3) is 0.462. The third-order valence-corrected chi connectivity index (χ3v) is 3.00. The zero-order valence-corrected chi connectivity index (χ0v) is 9.24. The topological polar surface area (TPSA) is 29.4 Å². The monoisotopic (exact) mass is 219 g/mol. The maximum absolute atomic E-state index is 13.1. The van der Waals surface area contributed by atoms with Crippen molar-refractivity contribution in [2.24, 2.45) is 4.99 Å². The molecule has 1 aromatic carbocycles. The summed E-state index contributed by atoms with van der Waals surface area (Å²) in [5.74, 6) is 0. The van der Waals surface area contributed by atoms with Crippen LogP contribution in [0.3, 0.4) is 0 Å². The van der Waals surface area contributed by atoms with E-state index in [4.69, 9.17) is 0 Å². The van der Waals surface area contributed by atoms with E-state index in [2.05, 4.69) is 4.99 Å². The van der Waals surface area contributed by atoms with Crippen LogP contribution in [0, 0.1) is 0 Å². The number of halogens is 1. The van der Waals surface area contributed by atoms with Crippen molar-refractivity contribution in [3.63, 3.8) is 0 Å². The quantitative estimate of drug-likeness (QED) is 0.565. The van der Waals surface area contributed by atoms with Crippen molar-refractivity contribution < 1.29 is 9.18 Å². The lowest BCUT2D eigenvalue weighted by Gasteiger charge is -2.14. The van der Waals surface area contributed by atoms with Gasteiger partial charge in [0.05, 0.1) is 5.54 Å². The van der Waals surface area contributed by atoms with Crippen molar-refractivity contribution in [1.82, 2.24) is 0 Å². The first-order valence-electron chi connectivity index (χ1n) is 5.49. The number of nitrogens with zero attached hydrogens (tertiary/aromatic N) is 1. The highest BCUT2D eigenvalue weighted by molar-refractivity contribution is 5.44. The Morgan fingerprint density at radius 1 is 1.50 bits per heavy atom. The van der Waals surface area contributed by atoms with Crippen LogP contribution < -0.4 is 0 Å². The molecule has 1 aliphatic carbocycles. The van der Waals surface area contributed by atoms with Crippen LogP contribution in [0.4, 0.5) is 4.39 Å². The molecule has 0 amide bonds. The summed E-state index contributed by atoms with van der Waals surface area (Å²) in [5, 5.41) is 0. The van der Waals surface area contributed by atoms with Gasteiger partial charge in [0.1, 0.15) is 6.17 Å². The van der Waals surface area contributed by atoms with Crippen molar-refractivity contribution in [3.05, 3.63) is 35.4 Å². The average molecular weight is 219 g/mol. The Balaban J connectivity index is 2.37. The van der Waals surface area contributed by atoms with E-state index in [-0.39, 0.29) is 0 Å². The maximum atomic E-state index is 13.1. The summed E-state index contributed by atoms with van der Waals surface area (Å²) in [6.45, 7) is 1.54. The minimum absolute atomic E-state index is 0.381. The predicted octanol–water partition coefficient (Wildman–Crippen LogP) is 2.91. The van der Waals surface area contributed by atoms with Gasteiger partial charge in [-0.25, -0.2) is 9.18 Å². The molecule has 1 aromatic rings. The Bertz CT molecular complexity index is 431. The van der Waals surface area contributed by atoms with Crippen LogP contribution in [-0.4, -0.2) is 12.3 Å². The minimum Gasteiger partial charge on any atom is -0.247 e. The lowest BCUT2D eigenvalue weighted by atomic mass is 9.95. The number of isocyanates is 1. The smallest absolute Gasteiger partial charge is 0.235 e. The van der Waals surface area contributed by atoms with Gasteiger partial charge in [0.15, 0.2) is 0 Å². The van der Waals surface area contributed by atoms with Crippen LogP contribution >= 0.6 is 0 Å². The van der Waals surface area contributed by atoms with Gasteiger partial charge in [-0.15, -0.1) is 0 Å². The summed E-state index contributed by atoms with van der Waals surface area (Å²) >= 11 is 0. The molecule has 1 aliphatic rings. The second kappa shape index (κ2) is 4.18. The summed E-state index contributed by atoms with van der Waals surface area (Å²) in [7, 11) is 0. The van der Waals surface area contributed by atoms with E-state index >= 15 is 0 Å². The summed E-state index contributed by atoms with van der Waals surface area (Å²) in [6, 6.07) is 7.64. The van der Waals surface area contributed by atoms with Gasteiger partial charge in [-0.1, -0.05) is 24.3 Å². The van der Waals surface area contributed by atoms with Gasteiger partial charge in [0.25, 0.3) is 0 Å². The van der Waals surface area contributed by atoms with E-state index < -0.39 is 11.7 Å². The van der Waals surface area contributed by atoms with Crippen molar-refractivity contribution in [1.29, 1.82) is 0 Å². The number of aliphatic imine (C=N–C) groups is 1. The highest BCUT2D eigenvalue weighted by atomic mass is 19.1. The molecule has 0 aliphatic heterocycles. The number of benzene rings is 1. The van der Waals surface area contributed by atoms with Gasteiger partial charge in [-0.2, -0.15) is 4.99 Å². The first-order valence-corrected chi connectivity index (χ1v) is 5.49. The Hall–Kier alpha value is -1.47. The molecular formula is C13H14FNO. The summed E-state index contributed by atoms with van der Waals surface area (Å²) in [5.41, 5.74) is 1.55. The standard InChI is InChI=1S/C13H14FNO/c1-10(14)8-11-4-2-3-5-12(11)13(6-7-13)15-9-16/h2-5,10H,6-8H2,1H3. The predicted molar refractivity (Wildman–Crippen MR) is 59.7 cm³/mol. The number of rotatable bonds is 4. The largest absolute Gasteiger partial charge is 0.247 e. The maximum Gasteiger partial charge on any atom is 0.235 e. The summed E-state index contributed by atoms with van der Waals surface area (Å²) in [6.07, 6.45) is 2.86. The first kappa shape index (κ1) is 11.0. The number of hydrogen-bond donors (Lipinski definition) is 0. The summed E-state index contributed by atoms with van der Waals surface area (Å²) < 4.78 is 13.1. The Labute approximate surface area is 94.2 Å². The number of carbonyl (C=O) groups excluding carboxylic acids is 1. The van der Waals surface area contributed by atoms with Crippen LogP contribution in [0.1, 0.15) is 30.9 Å². The molecule has 1 unspecified atom stereocenters. The highest BCUT2D eigenvalue weighted by Crippen LogP contribution is 2.50. The third kappa shape index (κ3) is 2.05. The van der Waals surface area contributed by atoms with Crippen molar-refractivity contribution >= 4 is 6.08 Å². The third-order valence-electron chi connectivity index (χ3n) is 3.00. The van der Waals surface area contributed by atoms with E-state index in [0.29, 0.717) is 6.42 Å². The van der Waals surface area contributed by atoms with Crippen molar-refractivity contribution in [2.45, 2.75) is 37.9 Å².